The molecule has 0 spiro atoms. The molecule has 94 valence electrons. The molecule has 1 unspecified atom stereocenters. The van der Waals surface area contributed by atoms with Crippen molar-refractivity contribution in [3.63, 3.8) is 0 Å². The van der Waals surface area contributed by atoms with Gasteiger partial charge in [0.15, 0.2) is 0 Å². The maximum Gasteiger partial charge on any atom is 0.336 e. The van der Waals surface area contributed by atoms with Crippen LogP contribution in [0.4, 0.5) is 0 Å². The van der Waals surface area contributed by atoms with Crippen molar-refractivity contribution in [2.24, 2.45) is 0 Å². The first-order valence-electron chi connectivity index (χ1n) is 5.25. The number of hydrogen-bond acceptors (Lipinski definition) is 3. The summed E-state index contributed by atoms with van der Waals surface area (Å²) in [5, 5.41) is 21.0. The minimum absolute atomic E-state index is 0.153. The predicted octanol–water partition coefficient (Wildman–Crippen LogP) is 3.60. The molecule has 0 saturated heterocycles. The van der Waals surface area contributed by atoms with E-state index in [9.17, 15) is 9.90 Å². The maximum absolute atomic E-state index is 11.0. The van der Waals surface area contributed by atoms with E-state index < -0.39 is 12.1 Å². The smallest absolute Gasteiger partial charge is 0.336 e. The summed E-state index contributed by atoms with van der Waals surface area (Å²) in [5.41, 5.74) is 1.90. The molecule has 3 nitrogen and oxygen atoms in total. The van der Waals surface area contributed by atoms with E-state index in [1.807, 2.05) is 19.1 Å². The van der Waals surface area contributed by atoms with Gasteiger partial charge in [0.1, 0.15) is 6.10 Å². The van der Waals surface area contributed by atoms with Crippen LogP contribution in [0.25, 0.3) is 0 Å². The summed E-state index contributed by atoms with van der Waals surface area (Å²) in [6, 6.07) is 7.09. The van der Waals surface area contributed by atoms with E-state index in [1.165, 1.54) is 17.4 Å². The van der Waals surface area contributed by atoms with E-state index in [2.05, 4.69) is 15.9 Å². The summed E-state index contributed by atoms with van der Waals surface area (Å²) < 4.78 is 0.778. The van der Waals surface area contributed by atoms with Crippen LogP contribution >= 0.6 is 27.3 Å². The fourth-order valence-electron chi connectivity index (χ4n) is 1.70. The van der Waals surface area contributed by atoms with Crippen LogP contribution < -0.4 is 0 Å². The summed E-state index contributed by atoms with van der Waals surface area (Å²) in [6.45, 7) is 1.95. The van der Waals surface area contributed by atoms with E-state index in [4.69, 9.17) is 5.11 Å². The SMILES string of the molecule is Cc1ccc(C(O)c2sccc2C(=O)O)c(Br)c1. The number of carbonyl (C=O) groups is 1. The Bertz CT molecular complexity index is 592. The van der Waals surface area contributed by atoms with Gasteiger partial charge in [-0.3, -0.25) is 0 Å². The van der Waals surface area contributed by atoms with Gasteiger partial charge in [-0.25, -0.2) is 4.79 Å². The molecule has 18 heavy (non-hydrogen) atoms. The minimum atomic E-state index is -1.02. The third-order valence-corrected chi connectivity index (χ3v) is 4.28. The largest absolute Gasteiger partial charge is 0.478 e. The van der Waals surface area contributed by atoms with Gasteiger partial charge in [0, 0.05) is 4.47 Å². The van der Waals surface area contributed by atoms with Crippen molar-refractivity contribution < 1.29 is 15.0 Å². The number of benzene rings is 1. The highest BCUT2D eigenvalue weighted by molar-refractivity contribution is 9.10. The van der Waals surface area contributed by atoms with Gasteiger partial charge in [-0.15, -0.1) is 11.3 Å². The molecule has 0 saturated carbocycles. The Balaban J connectivity index is 2.44. The molecule has 0 aliphatic carbocycles. The second-order valence-corrected chi connectivity index (χ2v) is 5.73. The number of aliphatic hydroxyl groups is 1. The summed E-state index contributed by atoms with van der Waals surface area (Å²) in [4.78, 5) is 11.5. The van der Waals surface area contributed by atoms with E-state index in [0.717, 1.165) is 10.0 Å². The lowest BCUT2D eigenvalue weighted by atomic mass is 10.0. The van der Waals surface area contributed by atoms with Gasteiger partial charge in [0.2, 0.25) is 0 Å². The van der Waals surface area contributed by atoms with Crippen molar-refractivity contribution >= 4 is 33.2 Å². The molecule has 0 aliphatic heterocycles. The van der Waals surface area contributed by atoms with Gasteiger partial charge >= 0.3 is 5.97 Å². The number of aryl methyl sites for hydroxylation is 1. The van der Waals surface area contributed by atoms with Crippen molar-refractivity contribution in [3.8, 4) is 0 Å². The lowest BCUT2D eigenvalue weighted by Gasteiger charge is -2.13. The van der Waals surface area contributed by atoms with Gasteiger partial charge in [-0.05, 0) is 35.6 Å². The zero-order valence-electron chi connectivity index (χ0n) is 9.55. The third-order valence-electron chi connectivity index (χ3n) is 2.62. The first-order chi connectivity index (χ1) is 8.50. The fourth-order valence-corrected chi connectivity index (χ4v) is 3.30. The number of hydrogen-bond donors (Lipinski definition) is 2. The molecule has 1 aromatic heterocycles. The highest BCUT2D eigenvalue weighted by Gasteiger charge is 2.21. The highest BCUT2D eigenvalue weighted by Crippen LogP contribution is 2.33. The van der Waals surface area contributed by atoms with E-state index in [1.54, 1.807) is 11.4 Å². The Labute approximate surface area is 117 Å². The number of thiophene rings is 1. The quantitative estimate of drug-likeness (QED) is 0.906. The lowest BCUT2D eigenvalue weighted by Crippen LogP contribution is -2.05. The molecule has 1 atom stereocenters. The molecular formula is C13H11BrO3S. The van der Waals surface area contributed by atoms with Gasteiger partial charge in [-0.2, -0.15) is 0 Å². The zero-order chi connectivity index (χ0) is 13.3. The average Bonchev–Trinajstić information content (AvgIpc) is 2.77. The fraction of sp³-hybridized carbons (Fsp3) is 0.154. The number of carboxylic acids is 1. The van der Waals surface area contributed by atoms with Gasteiger partial charge < -0.3 is 10.2 Å². The van der Waals surface area contributed by atoms with Gasteiger partial charge in [0.25, 0.3) is 0 Å². The van der Waals surface area contributed by atoms with Crippen LogP contribution in [0, 0.1) is 6.92 Å². The molecular weight excluding hydrogens is 316 g/mol. The number of aromatic carboxylic acids is 1. The Hall–Kier alpha value is -1.17. The summed E-state index contributed by atoms with van der Waals surface area (Å²) in [5.74, 6) is -1.02. The van der Waals surface area contributed by atoms with Crippen molar-refractivity contribution in [3.05, 3.63) is 55.7 Å². The Morgan fingerprint density at radius 3 is 2.72 bits per heavy atom. The Morgan fingerprint density at radius 1 is 1.39 bits per heavy atom. The minimum Gasteiger partial charge on any atom is -0.478 e. The van der Waals surface area contributed by atoms with Gasteiger partial charge in [0.05, 0.1) is 10.4 Å². The Kier molecular flexibility index (Phi) is 3.85. The predicted molar refractivity (Wildman–Crippen MR) is 74.2 cm³/mol. The first kappa shape index (κ1) is 13.3. The number of carboxylic acid groups (broad SMARTS) is 1. The Morgan fingerprint density at radius 2 is 2.11 bits per heavy atom. The van der Waals surface area contributed by atoms with Gasteiger partial charge in [-0.1, -0.05) is 28.1 Å². The van der Waals surface area contributed by atoms with Crippen LogP contribution in [0.2, 0.25) is 0 Å². The van der Waals surface area contributed by atoms with E-state index >= 15 is 0 Å². The highest BCUT2D eigenvalue weighted by atomic mass is 79.9. The molecule has 5 heteroatoms. The average molecular weight is 327 g/mol. The van der Waals surface area contributed by atoms with Crippen LogP contribution in [0.5, 0.6) is 0 Å². The second kappa shape index (κ2) is 5.22. The normalized spacial score (nSPS) is 12.4. The summed E-state index contributed by atoms with van der Waals surface area (Å²) in [6.07, 6.45) is -0.925. The molecule has 1 aromatic carbocycles. The number of aliphatic hydroxyl groups excluding tert-OH is 1. The van der Waals surface area contributed by atoms with E-state index in [0.29, 0.717) is 10.4 Å². The standard InChI is InChI=1S/C13H11BrO3S/c1-7-2-3-8(10(14)6-7)11(15)12-9(13(16)17)4-5-18-12/h2-6,11,15H,1H3,(H,16,17). The molecule has 0 aliphatic rings. The van der Waals surface area contributed by atoms with Crippen LogP contribution in [0.15, 0.2) is 34.1 Å². The van der Waals surface area contributed by atoms with Crippen LogP contribution in [0.3, 0.4) is 0 Å². The molecule has 2 N–H and O–H groups in total. The maximum atomic E-state index is 11.0. The van der Waals surface area contributed by atoms with Crippen molar-refractivity contribution in [2.75, 3.05) is 0 Å². The molecule has 0 radical (unpaired) electrons. The topological polar surface area (TPSA) is 57.5 Å². The number of rotatable bonds is 3. The molecule has 2 aromatic rings. The van der Waals surface area contributed by atoms with Crippen molar-refractivity contribution in [2.45, 2.75) is 13.0 Å². The number of halogens is 1. The lowest BCUT2D eigenvalue weighted by molar-refractivity contribution is 0.0692. The van der Waals surface area contributed by atoms with Crippen LogP contribution in [-0.2, 0) is 0 Å². The van der Waals surface area contributed by atoms with Crippen LogP contribution in [-0.4, -0.2) is 16.2 Å². The zero-order valence-corrected chi connectivity index (χ0v) is 12.0. The third kappa shape index (κ3) is 2.48. The molecule has 1 heterocycles. The molecule has 0 amide bonds. The monoisotopic (exact) mass is 326 g/mol. The molecule has 0 bridgehead atoms. The summed E-state index contributed by atoms with van der Waals surface area (Å²) in [7, 11) is 0. The first-order valence-corrected chi connectivity index (χ1v) is 6.92. The molecule has 2 rings (SSSR count). The second-order valence-electron chi connectivity index (χ2n) is 3.93. The van der Waals surface area contributed by atoms with E-state index in [-0.39, 0.29) is 5.56 Å². The van der Waals surface area contributed by atoms with Crippen molar-refractivity contribution in [1.29, 1.82) is 0 Å². The summed E-state index contributed by atoms with van der Waals surface area (Å²) >= 11 is 4.63. The molecule has 0 fully saturated rings. The van der Waals surface area contributed by atoms with Crippen LogP contribution in [0.1, 0.15) is 32.5 Å². The van der Waals surface area contributed by atoms with Crippen molar-refractivity contribution in [1.82, 2.24) is 0 Å².